The Morgan fingerprint density at radius 2 is 2.42 bits per heavy atom. The molecule has 66 valence electrons. The third-order valence-electron chi connectivity index (χ3n) is 2.71. The Hall–Kier alpha value is -0.830. The highest BCUT2D eigenvalue weighted by Crippen LogP contribution is 2.14. The molecule has 3 heteroatoms. The van der Waals surface area contributed by atoms with E-state index in [4.69, 9.17) is 0 Å². The van der Waals surface area contributed by atoms with E-state index in [1.807, 2.05) is 17.9 Å². The summed E-state index contributed by atoms with van der Waals surface area (Å²) >= 11 is 0. The van der Waals surface area contributed by atoms with Crippen molar-refractivity contribution in [3.05, 3.63) is 17.5 Å². The number of nitrogens with zero attached hydrogens (tertiary/aromatic N) is 2. The molecule has 1 aromatic heterocycles. The van der Waals surface area contributed by atoms with Crippen LogP contribution in [-0.4, -0.2) is 22.9 Å². The predicted octanol–water partition coefficient (Wildman–Crippen LogP) is 0.490. The van der Waals surface area contributed by atoms with E-state index in [1.165, 1.54) is 30.8 Å². The van der Waals surface area contributed by atoms with Crippen molar-refractivity contribution in [2.45, 2.75) is 13.3 Å². The van der Waals surface area contributed by atoms with Gasteiger partial charge < -0.3 is 5.32 Å². The molecule has 2 rings (SSSR count). The van der Waals surface area contributed by atoms with Crippen molar-refractivity contribution in [2.75, 3.05) is 13.1 Å². The summed E-state index contributed by atoms with van der Waals surface area (Å²) in [7, 11) is 2.00. The smallest absolute Gasteiger partial charge is 0.0524 e. The monoisotopic (exact) mass is 165 g/mol. The van der Waals surface area contributed by atoms with Gasteiger partial charge in [-0.2, -0.15) is 5.10 Å². The summed E-state index contributed by atoms with van der Waals surface area (Å²) in [5.74, 6) is 0.841. The van der Waals surface area contributed by atoms with Crippen LogP contribution in [0.25, 0.3) is 0 Å². The van der Waals surface area contributed by atoms with Crippen molar-refractivity contribution in [2.24, 2.45) is 13.0 Å². The molecule has 0 unspecified atom stereocenters. The molecule has 0 saturated carbocycles. The Morgan fingerprint density at radius 1 is 1.67 bits per heavy atom. The number of aryl methyl sites for hydroxylation is 1. The minimum absolute atomic E-state index is 0.841. The molecule has 0 bridgehead atoms. The molecule has 12 heavy (non-hydrogen) atoms. The molecule has 0 amide bonds. The lowest BCUT2D eigenvalue weighted by atomic mass is 9.95. The lowest BCUT2D eigenvalue weighted by molar-refractivity contribution is 0.346. The van der Waals surface area contributed by atoms with Gasteiger partial charge in [0.1, 0.15) is 0 Å². The topological polar surface area (TPSA) is 29.9 Å². The van der Waals surface area contributed by atoms with Crippen LogP contribution in [0.1, 0.15) is 11.3 Å². The third-order valence-corrected chi connectivity index (χ3v) is 2.71. The van der Waals surface area contributed by atoms with Gasteiger partial charge in [-0.25, -0.2) is 0 Å². The van der Waals surface area contributed by atoms with Crippen LogP contribution in [0.2, 0.25) is 0 Å². The molecule has 2 heterocycles. The third kappa shape index (κ3) is 1.25. The largest absolute Gasteiger partial charge is 0.316 e. The van der Waals surface area contributed by atoms with Crippen LogP contribution < -0.4 is 5.32 Å². The molecule has 0 aliphatic carbocycles. The summed E-state index contributed by atoms with van der Waals surface area (Å²) in [6.07, 6.45) is 3.18. The van der Waals surface area contributed by atoms with Gasteiger partial charge in [-0.05, 0) is 37.9 Å². The lowest BCUT2D eigenvalue weighted by Gasteiger charge is -2.26. The Morgan fingerprint density at radius 3 is 2.83 bits per heavy atom. The Kier molecular flexibility index (Phi) is 1.89. The van der Waals surface area contributed by atoms with Crippen LogP contribution in [0.3, 0.4) is 0 Å². The fourth-order valence-electron chi connectivity index (χ4n) is 1.55. The molecule has 3 nitrogen and oxygen atoms in total. The normalized spacial score (nSPS) is 17.8. The summed E-state index contributed by atoms with van der Waals surface area (Å²) in [6, 6.07) is 0. The average Bonchev–Trinajstić information content (AvgIpc) is 2.27. The van der Waals surface area contributed by atoms with Gasteiger partial charge >= 0.3 is 0 Å². The van der Waals surface area contributed by atoms with E-state index in [1.54, 1.807) is 0 Å². The summed E-state index contributed by atoms with van der Waals surface area (Å²) < 4.78 is 1.95. The molecule has 1 N–H and O–H groups in total. The van der Waals surface area contributed by atoms with Gasteiger partial charge in [0.2, 0.25) is 0 Å². The SMILES string of the molecule is Cc1c(CC2CNC2)cnn1C. The molecular weight excluding hydrogens is 150 g/mol. The maximum atomic E-state index is 4.22. The maximum Gasteiger partial charge on any atom is 0.0524 e. The van der Waals surface area contributed by atoms with Crippen molar-refractivity contribution in [1.82, 2.24) is 15.1 Å². The van der Waals surface area contributed by atoms with Crippen LogP contribution >= 0.6 is 0 Å². The van der Waals surface area contributed by atoms with E-state index in [-0.39, 0.29) is 0 Å². The second-order valence-corrected chi connectivity index (χ2v) is 3.61. The number of aromatic nitrogens is 2. The van der Waals surface area contributed by atoms with Gasteiger partial charge in [0.15, 0.2) is 0 Å². The minimum atomic E-state index is 0.841. The summed E-state index contributed by atoms with van der Waals surface area (Å²) in [5.41, 5.74) is 2.71. The Labute approximate surface area is 72.8 Å². The molecule has 1 aromatic rings. The summed E-state index contributed by atoms with van der Waals surface area (Å²) in [6.45, 7) is 4.48. The predicted molar refractivity (Wildman–Crippen MR) is 48.0 cm³/mol. The highest BCUT2D eigenvalue weighted by Gasteiger charge is 2.18. The first-order valence-electron chi connectivity index (χ1n) is 4.45. The number of nitrogens with one attached hydrogen (secondary N) is 1. The Balaban J connectivity index is 2.06. The molecule has 1 aliphatic rings. The second-order valence-electron chi connectivity index (χ2n) is 3.61. The van der Waals surface area contributed by atoms with E-state index >= 15 is 0 Å². The average molecular weight is 165 g/mol. The van der Waals surface area contributed by atoms with Crippen molar-refractivity contribution in [3.8, 4) is 0 Å². The first-order valence-corrected chi connectivity index (χ1v) is 4.45. The van der Waals surface area contributed by atoms with E-state index < -0.39 is 0 Å². The van der Waals surface area contributed by atoms with Gasteiger partial charge in [0.25, 0.3) is 0 Å². The van der Waals surface area contributed by atoms with Gasteiger partial charge in [-0.1, -0.05) is 0 Å². The lowest BCUT2D eigenvalue weighted by Crippen LogP contribution is -2.43. The van der Waals surface area contributed by atoms with Gasteiger partial charge in [0, 0.05) is 12.7 Å². The van der Waals surface area contributed by atoms with Crippen LogP contribution in [0.15, 0.2) is 6.20 Å². The number of hydrogen-bond acceptors (Lipinski definition) is 2. The van der Waals surface area contributed by atoms with E-state index in [0.717, 1.165) is 5.92 Å². The zero-order chi connectivity index (χ0) is 8.55. The zero-order valence-electron chi connectivity index (χ0n) is 7.67. The minimum Gasteiger partial charge on any atom is -0.316 e. The second kappa shape index (κ2) is 2.90. The summed E-state index contributed by atoms with van der Waals surface area (Å²) in [4.78, 5) is 0. The van der Waals surface area contributed by atoms with E-state index in [2.05, 4.69) is 17.3 Å². The standard InChI is InChI=1S/C9H15N3/c1-7-9(6-11-12(7)2)3-8-4-10-5-8/h6,8,10H,3-5H2,1-2H3. The first-order chi connectivity index (χ1) is 5.77. The fraction of sp³-hybridized carbons (Fsp3) is 0.667. The molecular formula is C9H15N3. The van der Waals surface area contributed by atoms with Crippen LogP contribution in [0, 0.1) is 12.8 Å². The van der Waals surface area contributed by atoms with Crippen LogP contribution in [0.4, 0.5) is 0 Å². The molecule has 0 radical (unpaired) electrons. The number of hydrogen-bond donors (Lipinski definition) is 1. The number of rotatable bonds is 2. The van der Waals surface area contributed by atoms with Gasteiger partial charge in [0.05, 0.1) is 6.20 Å². The molecule has 1 aliphatic heterocycles. The van der Waals surface area contributed by atoms with Crippen molar-refractivity contribution in [1.29, 1.82) is 0 Å². The van der Waals surface area contributed by atoms with Crippen LogP contribution in [0.5, 0.6) is 0 Å². The zero-order valence-corrected chi connectivity index (χ0v) is 7.67. The highest BCUT2D eigenvalue weighted by atomic mass is 15.3. The van der Waals surface area contributed by atoms with Crippen LogP contribution in [-0.2, 0) is 13.5 Å². The highest BCUT2D eigenvalue weighted by molar-refractivity contribution is 5.17. The maximum absolute atomic E-state index is 4.22. The summed E-state index contributed by atoms with van der Waals surface area (Å²) in [5, 5.41) is 7.50. The van der Waals surface area contributed by atoms with Crippen molar-refractivity contribution in [3.63, 3.8) is 0 Å². The van der Waals surface area contributed by atoms with E-state index in [9.17, 15) is 0 Å². The van der Waals surface area contributed by atoms with Gasteiger partial charge in [-0.15, -0.1) is 0 Å². The molecule has 1 saturated heterocycles. The first kappa shape index (κ1) is 7.80. The Bertz CT molecular complexity index is 273. The fourth-order valence-corrected chi connectivity index (χ4v) is 1.55. The van der Waals surface area contributed by atoms with E-state index in [0.29, 0.717) is 0 Å². The molecule has 0 atom stereocenters. The molecule has 1 fully saturated rings. The molecule has 0 spiro atoms. The van der Waals surface area contributed by atoms with Gasteiger partial charge in [-0.3, -0.25) is 4.68 Å². The van der Waals surface area contributed by atoms with Crippen molar-refractivity contribution < 1.29 is 0 Å². The quantitative estimate of drug-likeness (QED) is 0.691. The molecule has 0 aromatic carbocycles. The van der Waals surface area contributed by atoms with Crippen molar-refractivity contribution >= 4 is 0 Å².